The molecule has 0 unspecified atom stereocenters. The first kappa shape index (κ1) is 14.0. The first-order chi connectivity index (χ1) is 8.19. The van der Waals surface area contributed by atoms with Crippen LogP contribution in [-0.2, 0) is 0 Å². The summed E-state index contributed by atoms with van der Waals surface area (Å²) in [6.45, 7) is 0.943. The third kappa shape index (κ3) is 4.36. The van der Waals surface area contributed by atoms with Crippen LogP contribution in [-0.4, -0.2) is 43.2 Å². The number of ether oxygens (including phenoxy) is 1. The predicted octanol–water partition coefficient (Wildman–Crippen LogP) is 1.99. The van der Waals surface area contributed by atoms with Crippen molar-refractivity contribution in [2.45, 2.75) is 19.3 Å². The molecular weight excluding hydrogens is 238 g/mol. The summed E-state index contributed by atoms with van der Waals surface area (Å²) >= 11 is 1.40. The minimum atomic E-state index is 0.0299. The fourth-order valence-electron chi connectivity index (χ4n) is 1.47. The number of hydrogen-bond acceptors (Lipinski definition) is 4. The average molecular weight is 257 g/mol. The van der Waals surface area contributed by atoms with Crippen LogP contribution in [0.1, 0.15) is 28.9 Å². The molecule has 0 aliphatic rings. The Kier molecular flexibility index (Phi) is 6.00. The van der Waals surface area contributed by atoms with E-state index in [9.17, 15) is 4.79 Å². The van der Waals surface area contributed by atoms with E-state index in [0.717, 1.165) is 31.6 Å². The Balaban J connectivity index is 2.40. The van der Waals surface area contributed by atoms with Gasteiger partial charge in [0, 0.05) is 31.6 Å². The highest BCUT2D eigenvalue weighted by Gasteiger charge is 2.13. The molecule has 1 rings (SSSR count). The Morgan fingerprint density at radius 1 is 1.47 bits per heavy atom. The zero-order chi connectivity index (χ0) is 12.7. The van der Waals surface area contributed by atoms with Gasteiger partial charge in [0.05, 0.1) is 12.0 Å². The van der Waals surface area contributed by atoms with Crippen molar-refractivity contribution in [1.82, 2.24) is 4.90 Å². The van der Waals surface area contributed by atoms with Crippen LogP contribution in [0.25, 0.3) is 0 Å². The largest absolute Gasteiger partial charge is 0.496 e. The highest BCUT2D eigenvalue weighted by molar-refractivity contribution is 7.12. The number of amides is 1. The van der Waals surface area contributed by atoms with Crippen LogP contribution in [0.4, 0.5) is 0 Å². The van der Waals surface area contributed by atoms with E-state index in [-0.39, 0.29) is 12.5 Å². The van der Waals surface area contributed by atoms with Crippen molar-refractivity contribution < 1.29 is 14.6 Å². The number of nitrogens with zero attached hydrogens (tertiary/aromatic N) is 1. The van der Waals surface area contributed by atoms with Crippen molar-refractivity contribution in [3.8, 4) is 5.75 Å². The monoisotopic (exact) mass is 257 g/mol. The van der Waals surface area contributed by atoms with Gasteiger partial charge in [-0.2, -0.15) is 0 Å². The first-order valence-corrected chi connectivity index (χ1v) is 6.56. The van der Waals surface area contributed by atoms with Crippen LogP contribution < -0.4 is 4.74 Å². The van der Waals surface area contributed by atoms with Crippen molar-refractivity contribution in [3.63, 3.8) is 0 Å². The van der Waals surface area contributed by atoms with Gasteiger partial charge in [-0.3, -0.25) is 4.79 Å². The van der Waals surface area contributed by atoms with E-state index >= 15 is 0 Å². The van der Waals surface area contributed by atoms with Crippen LogP contribution in [0, 0.1) is 0 Å². The normalized spacial score (nSPS) is 10.3. The number of aliphatic hydroxyl groups excluding tert-OH is 1. The molecule has 1 amide bonds. The zero-order valence-electron chi connectivity index (χ0n) is 10.3. The molecule has 0 fully saturated rings. The molecule has 5 heteroatoms. The number of carbonyl (C=O) groups excluding carboxylic acids is 1. The van der Waals surface area contributed by atoms with Gasteiger partial charge in [-0.1, -0.05) is 0 Å². The van der Waals surface area contributed by atoms with E-state index in [1.807, 2.05) is 5.38 Å². The second-order valence-electron chi connectivity index (χ2n) is 3.86. The number of carbonyl (C=O) groups is 1. The van der Waals surface area contributed by atoms with E-state index in [1.165, 1.54) is 11.3 Å². The molecule has 0 aliphatic carbocycles. The van der Waals surface area contributed by atoms with E-state index in [4.69, 9.17) is 9.84 Å². The molecule has 96 valence electrons. The van der Waals surface area contributed by atoms with Gasteiger partial charge in [-0.15, -0.1) is 11.3 Å². The Labute approximate surface area is 106 Å². The fraction of sp³-hybridized carbons (Fsp3) is 0.583. The van der Waals surface area contributed by atoms with Crippen molar-refractivity contribution in [2.75, 3.05) is 27.3 Å². The Morgan fingerprint density at radius 2 is 2.24 bits per heavy atom. The average Bonchev–Trinajstić information content (AvgIpc) is 2.82. The van der Waals surface area contributed by atoms with E-state index in [0.29, 0.717) is 4.88 Å². The quantitative estimate of drug-likeness (QED) is 0.760. The van der Waals surface area contributed by atoms with Gasteiger partial charge in [0.25, 0.3) is 5.91 Å². The third-order valence-corrected chi connectivity index (χ3v) is 3.42. The van der Waals surface area contributed by atoms with Gasteiger partial charge in [0.2, 0.25) is 0 Å². The second-order valence-corrected chi connectivity index (χ2v) is 4.77. The van der Waals surface area contributed by atoms with E-state index in [1.54, 1.807) is 25.1 Å². The van der Waals surface area contributed by atoms with Gasteiger partial charge >= 0.3 is 0 Å². The molecule has 0 bridgehead atoms. The Morgan fingerprint density at radius 3 is 2.82 bits per heavy atom. The van der Waals surface area contributed by atoms with Gasteiger partial charge in [0.15, 0.2) is 0 Å². The number of thiophene rings is 1. The lowest BCUT2D eigenvalue weighted by Crippen LogP contribution is -2.27. The molecule has 0 atom stereocenters. The number of hydrogen-bond donors (Lipinski definition) is 1. The van der Waals surface area contributed by atoms with E-state index < -0.39 is 0 Å². The van der Waals surface area contributed by atoms with Gasteiger partial charge < -0.3 is 14.7 Å². The lowest BCUT2D eigenvalue weighted by atomic mass is 10.2. The van der Waals surface area contributed by atoms with Crippen LogP contribution in [0.3, 0.4) is 0 Å². The molecule has 0 aromatic carbocycles. The Hall–Kier alpha value is -1.07. The van der Waals surface area contributed by atoms with Crippen molar-refractivity contribution >= 4 is 17.2 Å². The topological polar surface area (TPSA) is 49.8 Å². The smallest absolute Gasteiger partial charge is 0.263 e. The maximum Gasteiger partial charge on any atom is 0.263 e. The van der Waals surface area contributed by atoms with Gasteiger partial charge in [0.1, 0.15) is 5.75 Å². The van der Waals surface area contributed by atoms with Crippen molar-refractivity contribution in [3.05, 3.63) is 16.3 Å². The maximum atomic E-state index is 12.0. The summed E-state index contributed by atoms with van der Waals surface area (Å²) in [5.41, 5.74) is 0. The second kappa shape index (κ2) is 7.29. The first-order valence-electron chi connectivity index (χ1n) is 5.68. The fourth-order valence-corrected chi connectivity index (χ4v) is 2.31. The zero-order valence-corrected chi connectivity index (χ0v) is 11.1. The van der Waals surface area contributed by atoms with Crippen LogP contribution in [0.15, 0.2) is 11.4 Å². The highest BCUT2D eigenvalue weighted by Crippen LogP contribution is 2.22. The summed E-state index contributed by atoms with van der Waals surface area (Å²) in [4.78, 5) is 14.4. The minimum absolute atomic E-state index is 0.0299. The summed E-state index contributed by atoms with van der Waals surface area (Å²) in [6, 6.07) is 1.76. The summed E-state index contributed by atoms with van der Waals surface area (Å²) in [7, 11) is 3.39. The molecule has 4 nitrogen and oxygen atoms in total. The predicted molar refractivity (Wildman–Crippen MR) is 68.8 cm³/mol. The van der Waals surface area contributed by atoms with Gasteiger partial charge in [-0.05, 0) is 19.3 Å². The molecule has 1 heterocycles. The molecule has 0 saturated carbocycles. The molecule has 0 spiro atoms. The summed E-state index contributed by atoms with van der Waals surface area (Å²) in [5, 5.41) is 10.5. The maximum absolute atomic E-state index is 12.0. The summed E-state index contributed by atoms with van der Waals surface area (Å²) < 4.78 is 5.05. The van der Waals surface area contributed by atoms with Crippen molar-refractivity contribution in [2.24, 2.45) is 0 Å². The van der Waals surface area contributed by atoms with Crippen molar-refractivity contribution in [1.29, 1.82) is 0 Å². The number of methoxy groups -OCH3 is 1. The third-order valence-electron chi connectivity index (χ3n) is 2.52. The molecule has 1 N–H and O–H groups in total. The lowest BCUT2D eigenvalue weighted by molar-refractivity contribution is 0.0796. The molecule has 0 aliphatic heterocycles. The van der Waals surface area contributed by atoms with Crippen LogP contribution >= 0.6 is 11.3 Å². The summed E-state index contributed by atoms with van der Waals surface area (Å²) in [5.74, 6) is 0.759. The molecular formula is C12H19NO3S. The summed E-state index contributed by atoms with van der Waals surface area (Å²) in [6.07, 6.45) is 2.67. The standard InChI is InChI=1S/C12H19NO3S/c1-13(6-4-3-5-7-14)12(15)11-8-10(16-2)9-17-11/h8-9,14H,3-7H2,1-2H3. The Bertz CT molecular complexity index is 351. The molecule has 0 radical (unpaired) electrons. The number of rotatable bonds is 7. The molecule has 0 saturated heterocycles. The molecule has 17 heavy (non-hydrogen) atoms. The van der Waals surface area contributed by atoms with Crippen LogP contribution in [0.2, 0.25) is 0 Å². The molecule has 1 aromatic rings. The SMILES string of the molecule is COc1csc(C(=O)N(C)CCCCCO)c1. The number of aliphatic hydroxyl groups is 1. The minimum Gasteiger partial charge on any atom is -0.496 e. The van der Waals surface area contributed by atoms with E-state index in [2.05, 4.69) is 0 Å². The van der Waals surface area contributed by atoms with Crippen LogP contribution in [0.5, 0.6) is 5.75 Å². The number of unbranched alkanes of at least 4 members (excludes halogenated alkanes) is 2. The lowest BCUT2D eigenvalue weighted by Gasteiger charge is -2.15. The molecule has 1 aromatic heterocycles. The highest BCUT2D eigenvalue weighted by atomic mass is 32.1. The van der Waals surface area contributed by atoms with Gasteiger partial charge in [-0.25, -0.2) is 0 Å².